The molecule has 1 amide bonds. The number of carbonyl (C=O) groups is 1. The summed E-state index contributed by atoms with van der Waals surface area (Å²) in [6.07, 6.45) is -5.68. The minimum atomic E-state index is -5.68. The summed E-state index contributed by atoms with van der Waals surface area (Å²) in [4.78, 5) is 12.5. The molecule has 0 aliphatic carbocycles. The van der Waals surface area contributed by atoms with Crippen LogP contribution in [0.15, 0.2) is 30.3 Å². The summed E-state index contributed by atoms with van der Waals surface area (Å²) in [6, 6.07) is 8.47. The normalized spacial score (nSPS) is 11.6. The molecule has 2 aromatic carbocycles. The van der Waals surface area contributed by atoms with Crippen LogP contribution in [0.25, 0.3) is 5.69 Å². The standard InChI is InChI=1S/C19H12F7N3O/c1-8-11(9(2)29(28-8)10-6-4-3-5-7-10)18(30)27-17-15(22)13(20)12(19(24,25)26)14(21)16(17)23/h3-7H,1-2H3,(H,27,30). The molecule has 3 aromatic rings. The molecule has 0 unspecified atom stereocenters. The van der Waals surface area contributed by atoms with Crippen molar-refractivity contribution in [1.29, 1.82) is 0 Å². The van der Waals surface area contributed by atoms with Gasteiger partial charge < -0.3 is 5.32 Å². The molecule has 0 atom stereocenters. The van der Waals surface area contributed by atoms with Gasteiger partial charge in [-0.1, -0.05) is 18.2 Å². The molecule has 0 bridgehead atoms. The predicted octanol–water partition coefficient (Wildman–Crippen LogP) is 5.32. The number of rotatable bonds is 3. The third kappa shape index (κ3) is 3.51. The Bertz CT molecular complexity index is 1110. The van der Waals surface area contributed by atoms with E-state index >= 15 is 0 Å². The summed E-state index contributed by atoms with van der Waals surface area (Å²) in [5.41, 5.74) is -3.67. The van der Waals surface area contributed by atoms with Gasteiger partial charge in [0.25, 0.3) is 5.91 Å². The van der Waals surface area contributed by atoms with E-state index < -0.39 is 46.6 Å². The molecule has 0 saturated heterocycles. The number of aromatic nitrogens is 2. The van der Waals surface area contributed by atoms with Crippen LogP contribution < -0.4 is 5.32 Å². The molecule has 1 aromatic heterocycles. The Morgan fingerprint density at radius 3 is 1.97 bits per heavy atom. The highest BCUT2D eigenvalue weighted by Crippen LogP contribution is 2.38. The fourth-order valence-corrected chi connectivity index (χ4v) is 2.96. The number of aryl methyl sites for hydroxylation is 1. The maximum Gasteiger partial charge on any atom is 0.422 e. The van der Waals surface area contributed by atoms with Crippen LogP contribution in [0.4, 0.5) is 36.4 Å². The second-order valence-electron chi connectivity index (χ2n) is 6.25. The van der Waals surface area contributed by atoms with E-state index in [0.29, 0.717) is 5.69 Å². The molecule has 158 valence electrons. The Labute approximate surface area is 164 Å². The first kappa shape index (κ1) is 21.3. The number of carbonyl (C=O) groups excluding carboxylic acids is 1. The number of hydrogen-bond donors (Lipinski definition) is 1. The molecule has 3 rings (SSSR count). The molecule has 4 nitrogen and oxygen atoms in total. The molecule has 1 N–H and O–H groups in total. The van der Waals surface area contributed by atoms with Gasteiger partial charge in [0.05, 0.1) is 22.6 Å². The van der Waals surface area contributed by atoms with Gasteiger partial charge in [0.15, 0.2) is 23.3 Å². The smallest absolute Gasteiger partial charge is 0.317 e. The zero-order chi connectivity index (χ0) is 22.4. The first-order valence-corrected chi connectivity index (χ1v) is 8.31. The topological polar surface area (TPSA) is 46.9 Å². The molecule has 1 heterocycles. The van der Waals surface area contributed by atoms with Crippen molar-refractivity contribution in [3.8, 4) is 5.69 Å². The minimum Gasteiger partial charge on any atom is -0.317 e. The molecule has 0 fully saturated rings. The van der Waals surface area contributed by atoms with Gasteiger partial charge in [-0.3, -0.25) is 4.79 Å². The first-order valence-electron chi connectivity index (χ1n) is 8.31. The quantitative estimate of drug-likeness (QED) is 0.451. The summed E-state index contributed by atoms with van der Waals surface area (Å²) in [7, 11) is 0. The summed E-state index contributed by atoms with van der Waals surface area (Å²) >= 11 is 0. The maximum atomic E-state index is 14.1. The second-order valence-corrected chi connectivity index (χ2v) is 6.25. The lowest BCUT2D eigenvalue weighted by atomic mass is 10.1. The summed E-state index contributed by atoms with van der Waals surface area (Å²) in [5, 5.41) is 5.75. The van der Waals surface area contributed by atoms with E-state index in [9.17, 15) is 35.5 Å². The number of benzene rings is 2. The van der Waals surface area contributed by atoms with E-state index in [0.717, 1.165) is 0 Å². The van der Waals surface area contributed by atoms with Crippen molar-refractivity contribution in [1.82, 2.24) is 9.78 Å². The van der Waals surface area contributed by atoms with Gasteiger partial charge in [-0.15, -0.1) is 0 Å². The Morgan fingerprint density at radius 1 is 0.933 bits per heavy atom. The lowest BCUT2D eigenvalue weighted by Gasteiger charge is -2.14. The van der Waals surface area contributed by atoms with E-state index in [4.69, 9.17) is 0 Å². The van der Waals surface area contributed by atoms with Gasteiger partial charge in [0.2, 0.25) is 0 Å². The van der Waals surface area contributed by atoms with Gasteiger partial charge in [-0.2, -0.15) is 18.3 Å². The van der Waals surface area contributed by atoms with Crippen molar-refractivity contribution >= 4 is 11.6 Å². The zero-order valence-electron chi connectivity index (χ0n) is 15.3. The first-order chi connectivity index (χ1) is 13.9. The fraction of sp³-hybridized carbons (Fsp3) is 0.158. The van der Waals surface area contributed by atoms with Crippen molar-refractivity contribution in [2.75, 3.05) is 5.32 Å². The van der Waals surface area contributed by atoms with Gasteiger partial charge in [0, 0.05) is 0 Å². The predicted molar refractivity (Wildman–Crippen MR) is 92.3 cm³/mol. The number of halogens is 7. The monoisotopic (exact) mass is 431 g/mol. The van der Waals surface area contributed by atoms with Crippen molar-refractivity contribution in [3.63, 3.8) is 0 Å². The van der Waals surface area contributed by atoms with Crippen LogP contribution in [0, 0.1) is 37.1 Å². The Hall–Kier alpha value is -3.37. The number of nitrogens with zero attached hydrogens (tertiary/aromatic N) is 2. The number of nitrogens with one attached hydrogen (secondary N) is 1. The maximum absolute atomic E-state index is 14.1. The Kier molecular flexibility index (Phi) is 5.31. The van der Waals surface area contributed by atoms with Crippen molar-refractivity contribution in [2.45, 2.75) is 20.0 Å². The van der Waals surface area contributed by atoms with Crippen LogP contribution in [0.5, 0.6) is 0 Å². The van der Waals surface area contributed by atoms with E-state index in [1.807, 2.05) is 0 Å². The van der Waals surface area contributed by atoms with Gasteiger partial charge in [0.1, 0.15) is 11.3 Å². The Balaban J connectivity index is 2.05. The summed E-state index contributed by atoms with van der Waals surface area (Å²) in [6.45, 7) is 2.87. The molecule has 0 aliphatic rings. The van der Waals surface area contributed by atoms with Crippen LogP contribution >= 0.6 is 0 Å². The molecular weight excluding hydrogens is 419 g/mol. The molecule has 30 heavy (non-hydrogen) atoms. The average Bonchev–Trinajstić information content (AvgIpc) is 2.97. The third-order valence-electron chi connectivity index (χ3n) is 4.30. The lowest BCUT2D eigenvalue weighted by molar-refractivity contribution is -0.143. The van der Waals surface area contributed by atoms with E-state index in [2.05, 4.69) is 5.10 Å². The molecule has 0 spiro atoms. The van der Waals surface area contributed by atoms with Gasteiger partial charge in [-0.05, 0) is 26.0 Å². The zero-order valence-corrected chi connectivity index (χ0v) is 15.3. The lowest BCUT2D eigenvalue weighted by Crippen LogP contribution is -2.21. The minimum absolute atomic E-state index is 0.113. The third-order valence-corrected chi connectivity index (χ3v) is 4.30. The van der Waals surface area contributed by atoms with E-state index in [1.54, 1.807) is 35.6 Å². The van der Waals surface area contributed by atoms with Crippen LogP contribution in [0.2, 0.25) is 0 Å². The van der Waals surface area contributed by atoms with Crippen LogP contribution in [0.3, 0.4) is 0 Å². The highest BCUT2D eigenvalue weighted by molar-refractivity contribution is 6.06. The van der Waals surface area contributed by atoms with Gasteiger partial charge >= 0.3 is 6.18 Å². The van der Waals surface area contributed by atoms with Crippen molar-refractivity contribution in [3.05, 3.63) is 76.1 Å². The van der Waals surface area contributed by atoms with Crippen molar-refractivity contribution in [2.24, 2.45) is 0 Å². The molecule has 0 aliphatic heterocycles. The molecule has 0 radical (unpaired) electrons. The second kappa shape index (κ2) is 7.47. The van der Waals surface area contributed by atoms with Crippen molar-refractivity contribution < 1.29 is 35.5 Å². The SMILES string of the molecule is Cc1nn(-c2ccccc2)c(C)c1C(=O)Nc1c(F)c(F)c(C(F)(F)F)c(F)c1F. The van der Waals surface area contributed by atoms with Crippen LogP contribution in [0.1, 0.15) is 27.3 Å². The van der Waals surface area contributed by atoms with E-state index in [-0.39, 0.29) is 17.0 Å². The fourth-order valence-electron chi connectivity index (χ4n) is 2.96. The number of alkyl halides is 3. The number of amides is 1. The molecular formula is C19H12F7N3O. The highest BCUT2D eigenvalue weighted by Gasteiger charge is 2.42. The van der Waals surface area contributed by atoms with E-state index in [1.165, 1.54) is 18.5 Å². The Morgan fingerprint density at radius 2 is 1.47 bits per heavy atom. The van der Waals surface area contributed by atoms with Crippen LogP contribution in [-0.4, -0.2) is 15.7 Å². The highest BCUT2D eigenvalue weighted by atomic mass is 19.4. The number of anilines is 1. The van der Waals surface area contributed by atoms with Crippen LogP contribution in [-0.2, 0) is 6.18 Å². The largest absolute Gasteiger partial charge is 0.422 e. The molecule has 0 saturated carbocycles. The average molecular weight is 431 g/mol. The number of hydrogen-bond acceptors (Lipinski definition) is 2. The molecule has 11 heteroatoms. The van der Waals surface area contributed by atoms with Gasteiger partial charge in [-0.25, -0.2) is 22.2 Å². The number of para-hydroxylation sites is 1. The summed E-state index contributed by atoms with van der Waals surface area (Å²) < 4.78 is 95.1. The summed E-state index contributed by atoms with van der Waals surface area (Å²) in [5.74, 6) is -11.3.